The molecule has 2 aromatic heterocycles. The van der Waals surface area contributed by atoms with Crippen molar-refractivity contribution >= 4 is 51.5 Å². The lowest BCUT2D eigenvalue weighted by atomic mass is 10.1. The average molecular weight is 485 g/mol. The number of hydrogen-bond acceptors (Lipinski definition) is 9. The summed E-state index contributed by atoms with van der Waals surface area (Å²) >= 11 is 2.64. The summed E-state index contributed by atoms with van der Waals surface area (Å²) in [4.78, 5) is 40.4. The molecule has 0 aromatic carbocycles. The molecule has 1 aliphatic heterocycles. The van der Waals surface area contributed by atoms with Crippen LogP contribution in [0.2, 0.25) is 0 Å². The van der Waals surface area contributed by atoms with Crippen LogP contribution in [0.3, 0.4) is 0 Å². The Morgan fingerprint density at radius 2 is 1.82 bits per heavy atom. The van der Waals surface area contributed by atoms with Gasteiger partial charge in [0, 0.05) is 36.4 Å². The lowest BCUT2D eigenvalue weighted by Gasteiger charge is -2.32. The van der Waals surface area contributed by atoms with Crippen LogP contribution < -0.4 is 4.90 Å². The van der Waals surface area contributed by atoms with Gasteiger partial charge in [0.1, 0.15) is 17.7 Å². The van der Waals surface area contributed by atoms with Crippen LogP contribution >= 0.6 is 22.7 Å². The molecule has 0 spiro atoms. The molecule has 0 amide bonds. The van der Waals surface area contributed by atoms with E-state index in [9.17, 15) is 19.6 Å². The molecule has 0 saturated carbocycles. The number of hydrogen-bond donors (Lipinski definition) is 0. The molecule has 1 saturated heterocycles. The number of piperidine rings is 1. The quantitative estimate of drug-likeness (QED) is 0.234. The number of rotatable bonds is 8. The summed E-state index contributed by atoms with van der Waals surface area (Å²) in [6.45, 7) is 8.58. The van der Waals surface area contributed by atoms with Gasteiger partial charge >= 0.3 is 11.9 Å². The summed E-state index contributed by atoms with van der Waals surface area (Å²) in [5, 5.41) is 10.2. The molecule has 0 bridgehead atoms. The summed E-state index contributed by atoms with van der Waals surface area (Å²) in [7, 11) is 0. The second kappa shape index (κ2) is 11.1. The second-order valence-corrected chi connectivity index (χ2v) is 9.61. The van der Waals surface area contributed by atoms with Gasteiger partial charge in [-0.25, -0.2) is 9.59 Å². The predicted molar refractivity (Wildman–Crippen MR) is 128 cm³/mol. The standard InChI is InChI=1S/C24H24N2O5S2/c1-4-30-24(29)16(14-25)13-18-5-6-19(32-18)22(27)20-7-8-21(33-20)26-11-9-17(10-12-26)31-23(28)15(2)3/h5-8,13,17H,2,4,9-12H2,1,3H3/b16-13+. The lowest BCUT2D eigenvalue weighted by molar-refractivity contribution is -0.145. The molecular formula is C24H24N2O5S2. The first-order valence-corrected chi connectivity index (χ1v) is 12.1. The Hall–Kier alpha value is -3.22. The maximum absolute atomic E-state index is 12.9. The Morgan fingerprint density at radius 3 is 2.45 bits per heavy atom. The van der Waals surface area contributed by atoms with Gasteiger partial charge in [-0.05, 0) is 44.2 Å². The average Bonchev–Trinajstić information content (AvgIpc) is 3.47. The molecule has 1 aliphatic rings. The van der Waals surface area contributed by atoms with Crippen molar-refractivity contribution in [1.82, 2.24) is 0 Å². The highest BCUT2D eigenvalue weighted by molar-refractivity contribution is 7.20. The van der Waals surface area contributed by atoms with Crippen molar-refractivity contribution < 1.29 is 23.9 Å². The molecule has 3 heterocycles. The van der Waals surface area contributed by atoms with E-state index in [2.05, 4.69) is 11.5 Å². The molecule has 172 valence electrons. The normalized spacial score (nSPS) is 14.5. The van der Waals surface area contributed by atoms with E-state index in [1.54, 1.807) is 26.0 Å². The first-order chi connectivity index (χ1) is 15.8. The fraction of sp³-hybridized carbons (Fsp3) is 0.333. The van der Waals surface area contributed by atoms with Gasteiger partial charge in [-0.1, -0.05) is 6.58 Å². The largest absolute Gasteiger partial charge is 0.462 e. The van der Waals surface area contributed by atoms with E-state index in [1.165, 1.54) is 28.7 Å². The minimum absolute atomic E-state index is 0.101. The van der Waals surface area contributed by atoms with Crippen LogP contribution in [0.25, 0.3) is 6.08 Å². The van der Waals surface area contributed by atoms with E-state index in [4.69, 9.17) is 9.47 Å². The van der Waals surface area contributed by atoms with Crippen molar-refractivity contribution in [3.63, 3.8) is 0 Å². The summed E-state index contributed by atoms with van der Waals surface area (Å²) in [5.41, 5.74) is 0.296. The maximum atomic E-state index is 12.9. The highest BCUT2D eigenvalue weighted by Crippen LogP contribution is 2.32. The molecular weight excluding hydrogens is 460 g/mol. The van der Waals surface area contributed by atoms with E-state index in [-0.39, 0.29) is 30.0 Å². The van der Waals surface area contributed by atoms with Crippen molar-refractivity contribution in [2.45, 2.75) is 32.8 Å². The minimum Gasteiger partial charge on any atom is -0.462 e. The van der Waals surface area contributed by atoms with Crippen molar-refractivity contribution in [2.75, 3.05) is 24.6 Å². The van der Waals surface area contributed by atoms with E-state index in [0.717, 1.165) is 30.9 Å². The van der Waals surface area contributed by atoms with Crippen LogP contribution in [-0.4, -0.2) is 43.5 Å². The van der Waals surface area contributed by atoms with Gasteiger partial charge in [-0.3, -0.25) is 4.79 Å². The zero-order valence-corrected chi connectivity index (χ0v) is 20.1. The highest BCUT2D eigenvalue weighted by atomic mass is 32.1. The second-order valence-electron chi connectivity index (χ2n) is 7.43. The number of nitriles is 1. The van der Waals surface area contributed by atoms with Gasteiger partial charge in [0.15, 0.2) is 0 Å². The van der Waals surface area contributed by atoms with Gasteiger partial charge in [-0.2, -0.15) is 5.26 Å². The fourth-order valence-corrected chi connectivity index (χ4v) is 5.21. The monoisotopic (exact) mass is 484 g/mol. The Bertz CT molecular complexity index is 1130. The van der Waals surface area contributed by atoms with E-state index in [0.29, 0.717) is 20.2 Å². The van der Waals surface area contributed by atoms with Gasteiger partial charge in [0.25, 0.3) is 0 Å². The van der Waals surface area contributed by atoms with Crippen LogP contribution in [-0.2, 0) is 19.1 Å². The first-order valence-electron chi connectivity index (χ1n) is 10.5. The number of nitrogens with zero attached hydrogens (tertiary/aromatic N) is 2. The number of carbonyl (C=O) groups is 3. The smallest absolute Gasteiger partial charge is 0.348 e. The lowest BCUT2D eigenvalue weighted by Crippen LogP contribution is -2.37. The van der Waals surface area contributed by atoms with Crippen molar-refractivity contribution in [1.29, 1.82) is 5.26 Å². The highest BCUT2D eigenvalue weighted by Gasteiger charge is 2.24. The molecule has 7 nitrogen and oxygen atoms in total. The molecule has 1 fully saturated rings. The zero-order chi connectivity index (χ0) is 24.0. The van der Waals surface area contributed by atoms with E-state index >= 15 is 0 Å². The third-order valence-electron chi connectivity index (χ3n) is 4.94. The van der Waals surface area contributed by atoms with Crippen LogP contribution in [0.4, 0.5) is 5.00 Å². The van der Waals surface area contributed by atoms with Crippen molar-refractivity contribution in [2.24, 2.45) is 0 Å². The van der Waals surface area contributed by atoms with Crippen LogP contribution in [0, 0.1) is 11.3 Å². The number of ether oxygens (including phenoxy) is 2. The first kappa shape index (κ1) is 24.4. The SMILES string of the molecule is C=C(C)C(=O)OC1CCN(c2ccc(C(=O)c3ccc(/C=C(\C#N)C(=O)OCC)s3)s2)CC1. The van der Waals surface area contributed by atoms with Gasteiger partial charge in [0.05, 0.1) is 21.4 Å². The molecule has 3 rings (SSSR count). The van der Waals surface area contributed by atoms with Gasteiger partial charge in [-0.15, -0.1) is 22.7 Å². The third-order valence-corrected chi connectivity index (χ3v) is 7.12. The molecule has 0 aliphatic carbocycles. The Labute approximate surface area is 200 Å². The molecule has 0 radical (unpaired) electrons. The number of ketones is 1. The topological polar surface area (TPSA) is 96.7 Å². The molecule has 0 unspecified atom stereocenters. The summed E-state index contributed by atoms with van der Waals surface area (Å²) in [6.07, 6.45) is 2.77. The Balaban J connectivity index is 1.63. The van der Waals surface area contributed by atoms with Crippen LogP contribution in [0.15, 0.2) is 42.0 Å². The van der Waals surface area contributed by atoms with Gasteiger partial charge < -0.3 is 14.4 Å². The molecule has 33 heavy (non-hydrogen) atoms. The van der Waals surface area contributed by atoms with E-state index in [1.807, 2.05) is 18.2 Å². The molecule has 0 atom stereocenters. The number of carbonyl (C=O) groups excluding carboxylic acids is 3. The van der Waals surface area contributed by atoms with Crippen LogP contribution in [0.1, 0.15) is 46.1 Å². The molecule has 9 heteroatoms. The van der Waals surface area contributed by atoms with Crippen molar-refractivity contribution in [3.8, 4) is 6.07 Å². The number of esters is 2. The Morgan fingerprint density at radius 1 is 1.15 bits per heavy atom. The summed E-state index contributed by atoms with van der Waals surface area (Å²) in [6, 6.07) is 8.98. The molecule has 2 aromatic rings. The summed E-state index contributed by atoms with van der Waals surface area (Å²) in [5.74, 6) is -1.13. The minimum atomic E-state index is -0.678. The number of anilines is 1. The fourth-order valence-electron chi connectivity index (χ4n) is 3.23. The van der Waals surface area contributed by atoms with Crippen LogP contribution in [0.5, 0.6) is 0 Å². The maximum Gasteiger partial charge on any atom is 0.348 e. The van der Waals surface area contributed by atoms with E-state index < -0.39 is 5.97 Å². The Kier molecular flexibility index (Phi) is 8.20. The van der Waals surface area contributed by atoms with Gasteiger partial charge in [0.2, 0.25) is 5.78 Å². The molecule has 0 N–H and O–H groups in total. The predicted octanol–water partition coefficient (Wildman–Crippen LogP) is 4.60. The zero-order valence-electron chi connectivity index (χ0n) is 18.5. The van der Waals surface area contributed by atoms with Crippen molar-refractivity contribution in [3.05, 3.63) is 56.6 Å². The summed E-state index contributed by atoms with van der Waals surface area (Å²) < 4.78 is 10.3. The number of thiophene rings is 2. The third kappa shape index (κ3) is 6.18.